The van der Waals surface area contributed by atoms with Crippen LogP contribution in [0.15, 0.2) is 29.3 Å². The summed E-state index contributed by atoms with van der Waals surface area (Å²) >= 11 is 0. The quantitative estimate of drug-likeness (QED) is 0.715. The fourth-order valence-corrected chi connectivity index (χ4v) is 2.24. The van der Waals surface area contributed by atoms with Gasteiger partial charge in [-0.2, -0.15) is 0 Å². The molecule has 0 saturated heterocycles. The molecular formula is C17H24N4. The van der Waals surface area contributed by atoms with Crippen molar-refractivity contribution in [3.05, 3.63) is 29.8 Å². The van der Waals surface area contributed by atoms with E-state index >= 15 is 0 Å². The Morgan fingerprint density at radius 1 is 1.29 bits per heavy atom. The van der Waals surface area contributed by atoms with Gasteiger partial charge in [0, 0.05) is 18.2 Å². The molecule has 0 spiro atoms. The Bertz CT molecular complexity index is 591. The molecule has 1 aromatic carbocycles. The molecule has 1 heterocycles. The van der Waals surface area contributed by atoms with Gasteiger partial charge in [-0.25, -0.2) is 4.99 Å². The summed E-state index contributed by atoms with van der Waals surface area (Å²) in [6.07, 6.45) is 6.62. The number of nitrogens with zero attached hydrogens (tertiary/aromatic N) is 1. The Morgan fingerprint density at radius 3 is 2.71 bits per heavy atom. The predicted molar refractivity (Wildman–Crippen MR) is 92.3 cm³/mol. The van der Waals surface area contributed by atoms with Crippen molar-refractivity contribution in [2.75, 3.05) is 11.1 Å². The summed E-state index contributed by atoms with van der Waals surface area (Å²) in [4.78, 5) is 4.19. The fourth-order valence-electron chi connectivity index (χ4n) is 2.24. The molecule has 0 aliphatic carbocycles. The molecule has 0 fully saturated rings. The second-order valence-corrected chi connectivity index (χ2v) is 6.43. The highest BCUT2D eigenvalue weighted by Crippen LogP contribution is 2.27. The number of hydrogen-bond donors (Lipinski definition) is 3. The molecule has 0 aromatic heterocycles. The standard InChI is InChI=1S/C17H24N4/c1-17(2,3)21-15-9-8-12(10-14(15)18)13-6-4-5-7-16(19)20-11-13/h6,8-11,19,21H,4-5,7,18H2,1-3H3/b13-6+,19-16?,20-11?. The van der Waals surface area contributed by atoms with Crippen LogP contribution in [-0.2, 0) is 0 Å². The molecule has 1 aliphatic heterocycles. The largest absolute Gasteiger partial charge is 0.397 e. The highest BCUT2D eigenvalue weighted by atomic mass is 15.0. The molecule has 0 radical (unpaired) electrons. The molecule has 1 aromatic rings. The Hall–Kier alpha value is -2.10. The molecule has 4 nitrogen and oxygen atoms in total. The summed E-state index contributed by atoms with van der Waals surface area (Å²) in [5, 5.41) is 11.1. The van der Waals surface area contributed by atoms with E-state index in [0.717, 1.165) is 41.8 Å². The van der Waals surface area contributed by atoms with Gasteiger partial charge in [0.25, 0.3) is 0 Å². The Balaban J connectivity index is 2.27. The van der Waals surface area contributed by atoms with Gasteiger partial charge in [-0.3, -0.25) is 5.41 Å². The number of nitrogens with two attached hydrogens (primary N) is 1. The number of hydrogen-bond acceptors (Lipinski definition) is 3. The zero-order valence-electron chi connectivity index (χ0n) is 13.0. The van der Waals surface area contributed by atoms with Crippen molar-refractivity contribution in [3.63, 3.8) is 0 Å². The molecule has 0 bridgehead atoms. The van der Waals surface area contributed by atoms with Crippen molar-refractivity contribution in [2.45, 2.75) is 45.6 Å². The molecule has 4 heteroatoms. The zero-order valence-corrected chi connectivity index (χ0v) is 13.0. The first-order valence-corrected chi connectivity index (χ1v) is 7.35. The lowest BCUT2D eigenvalue weighted by molar-refractivity contribution is 0.634. The minimum Gasteiger partial charge on any atom is -0.397 e. The number of benzene rings is 1. The molecule has 112 valence electrons. The van der Waals surface area contributed by atoms with E-state index in [1.807, 2.05) is 18.2 Å². The maximum Gasteiger partial charge on any atom is 0.120 e. The third kappa shape index (κ3) is 4.45. The van der Waals surface area contributed by atoms with Crippen LogP contribution < -0.4 is 11.1 Å². The van der Waals surface area contributed by atoms with E-state index in [0.29, 0.717) is 5.84 Å². The number of nitrogens with one attached hydrogen (secondary N) is 2. The van der Waals surface area contributed by atoms with E-state index in [9.17, 15) is 0 Å². The van der Waals surface area contributed by atoms with Crippen LogP contribution in [0.4, 0.5) is 11.4 Å². The Kier molecular flexibility index (Phi) is 4.46. The van der Waals surface area contributed by atoms with Crippen LogP contribution in [0, 0.1) is 5.41 Å². The van der Waals surface area contributed by atoms with E-state index < -0.39 is 0 Å². The highest BCUT2D eigenvalue weighted by molar-refractivity contribution is 6.13. The number of amidine groups is 1. The summed E-state index contributed by atoms with van der Waals surface area (Å²) in [5.74, 6) is 0.444. The molecule has 1 aliphatic rings. The first-order chi connectivity index (χ1) is 9.85. The number of aliphatic imine (C=N–C) groups is 1. The van der Waals surface area contributed by atoms with Gasteiger partial charge in [-0.1, -0.05) is 12.1 Å². The van der Waals surface area contributed by atoms with E-state index in [2.05, 4.69) is 37.2 Å². The summed E-state index contributed by atoms with van der Waals surface area (Å²) in [5.41, 5.74) is 9.89. The maximum atomic E-state index is 7.69. The summed E-state index contributed by atoms with van der Waals surface area (Å²) < 4.78 is 0. The van der Waals surface area contributed by atoms with Crippen LogP contribution in [0.5, 0.6) is 0 Å². The van der Waals surface area contributed by atoms with Gasteiger partial charge in [0.05, 0.1) is 11.4 Å². The third-order valence-corrected chi connectivity index (χ3v) is 3.24. The second kappa shape index (κ2) is 6.12. The molecule has 0 amide bonds. The van der Waals surface area contributed by atoms with Crippen LogP contribution in [0.3, 0.4) is 0 Å². The monoisotopic (exact) mass is 284 g/mol. The van der Waals surface area contributed by atoms with Gasteiger partial charge in [0.1, 0.15) is 5.84 Å². The number of allylic oxidation sites excluding steroid dienone is 2. The number of nitrogen functional groups attached to an aromatic ring is 1. The van der Waals surface area contributed by atoms with E-state index in [1.165, 1.54) is 0 Å². The SMILES string of the molecule is CC(C)(C)Nc1ccc(/C2=C/CCCC(=N)N=C2)cc1N. The van der Waals surface area contributed by atoms with Gasteiger partial charge in [0.15, 0.2) is 0 Å². The van der Waals surface area contributed by atoms with Crippen LogP contribution in [0.25, 0.3) is 5.57 Å². The van der Waals surface area contributed by atoms with Crippen LogP contribution in [-0.4, -0.2) is 17.6 Å². The van der Waals surface area contributed by atoms with E-state index in [4.69, 9.17) is 11.1 Å². The molecule has 4 N–H and O–H groups in total. The van der Waals surface area contributed by atoms with Gasteiger partial charge in [-0.05, 0) is 56.9 Å². The van der Waals surface area contributed by atoms with Crippen LogP contribution in [0.2, 0.25) is 0 Å². The molecule has 21 heavy (non-hydrogen) atoms. The lowest BCUT2D eigenvalue weighted by Gasteiger charge is -2.23. The van der Waals surface area contributed by atoms with Crippen molar-refractivity contribution in [2.24, 2.45) is 4.99 Å². The van der Waals surface area contributed by atoms with Crippen molar-refractivity contribution in [3.8, 4) is 0 Å². The Morgan fingerprint density at radius 2 is 2.05 bits per heavy atom. The van der Waals surface area contributed by atoms with Gasteiger partial charge in [-0.15, -0.1) is 0 Å². The van der Waals surface area contributed by atoms with Gasteiger partial charge >= 0.3 is 0 Å². The highest BCUT2D eigenvalue weighted by Gasteiger charge is 2.12. The second-order valence-electron chi connectivity index (χ2n) is 6.43. The Labute approximate surface area is 126 Å². The average Bonchev–Trinajstić information content (AvgIpc) is 2.36. The van der Waals surface area contributed by atoms with Crippen molar-refractivity contribution >= 4 is 29.0 Å². The summed E-state index contributed by atoms with van der Waals surface area (Å²) in [6, 6.07) is 6.03. The fraction of sp³-hybridized carbons (Fsp3) is 0.412. The molecule has 0 saturated carbocycles. The lowest BCUT2D eigenvalue weighted by Crippen LogP contribution is -2.26. The predicted octanol–water partition coefficient (Wildman–Crippen LogP) is 4.09. The average molecular weight is 284 g/mol. The van der Waals surface area contributed by atoms with E-state index in [-0.39, 0.29) is 5.54 Å². The van der Waals surface area contributed by atoms with Gasteiger partial charge in [0.2, 0.25) is 0 Å². The molecule has 0 atom stereocenters. The smallest absolute Gasteiger partial charge is 0.120 e. The summed E-state index contributed by atoms with van der Waals surface area (Å²) in [6.45, 7) is 6.32. The topological polar surface area (TPSA) is 74.3 Å². The summed E-state index contributed by atoms with van der Waals surface area (Å²) in [7, 11) is 0. The maximum absolute atomic E-state index is 7.69. The van der Waals surface area contributed by atoms with Gasteiger partial charge < -0.3 is 11.1 Å². The number of anilines is 2. The van der Waals surface area contributed by atoms with Crippen molar-refractivity contribution < 1.29 is 0 Å². The molecule has 2 rings (SSSR count). The minimum atomic E-state index is -0.0221. The number of rotatable bonds is 2. The first kappa shape index (κ1) is 15.3. The minimum absolute atomic E-state index is 0.0221. The van der Waals surface area contributed by atoms with Crippen LogP contribution >= 0.6 is 0 Å². The molecular weight excluding hydrogens is 260 g/mol. The lowest BCUT2D eigenvalue weighted by atomic mass is 10.0. The zero-order chi connectivity index (χ0) is 15.5. The third-order valence-electron chi connectivity index (χ3n) is 3.24. The first-order valence-electron chi connectivity index (χ1n) is 7.35. The van der Waals surface area contributed by atoms with Crippen LogP contribution in [0.1, 0.15) is 45.6 Å². The van der Waals surface area contributed by atoms with E-state index in [1.54, 1.807) is 6.21 Å². The van der Waals surface area contributed by atoms with Crippen molar-refractivity contribution in [1.29, 1.82) is 5.41 Å². The normalized spacial score (nSPS) is 18.6. The molecule has 0 unspecified atom stereocenters. The van der Waals surface area contributed by atoms with Crippen molar-refractivity contribution in [1.82, 2.24) is 0 Å².